The minimum Gasteiger partial charge on any atom is -0.496 e. The Balaban J connectivity index is 1.92. The Kier molecular flexibility index (Phi) is 4.94. The van der Waals surface area contributed by atoms with Crippen LogP contribution in [0.15, 0.2) is 41.2 Å². The molecule has 1 aliphatic carbocycles. The Morgan fingerprint density at radius 2 is 1.79 bits per heavy atom. The third kappa shape index (κ3) is 3.22. The first-order valence-electron chi connectivity index (χ1n) is 10.1. The van der Waals surface area contributed by atoms with Gasteiger partial charge in [0.1, 0.15) is 5.75 Å². The van der Waals surface area contributed by atoms with E-state index in [-0.39, 0.29) is 23.4 Å². The molecule has 0 saturated heterocycles. The van der Waals surface area contributed by atoms with Crippen molar-refractivity contribution in [3.8, 4) is 11.4 Å². The Morgan fingerprint density at radius 1 is 1.07 bits per heavy atom. The molecule has 29 heavy (non-hydrogen) atoms. The van der Waals surface area contributed by atoms with Gasteiger partial charge in [-0.3, -0.25) is 9.59 Å². The lowest BCUT2D eigenvalue weighted by atomic mass is 9.86. The van der Waals surface area contributed by atoms with E-state index in [0.717, 1.165) is 40.9 Å². The molecule has 6 nitrogen and oxygen atoms in total. The van der Waals surface area contributed by atoms with Gasteiger partial charge in [0.05, 0.1) is 29.7 Å². The van der Waals surface area contributed by atoms with E-state index in [0.29, 0.717) is 18.2 Å². The highest BCUT2D eigenvalue weighted by molar-refractivity contribution is 5.83. The number of primary amides is 1. The standard InChI is InChI=1S/C23H27N3O3/c1-14-7-10-18(13-20(14)29-3)25-21-15(2)5-4-6-19(21)23(28)26(25)17-11-8-16(9-12-17)22(24)27/h4-7,10,13,16-17H,8-9,11-12H2,1-3H3,(H2,24,27). The molecule has 1 amide bonds. The first-order valence-corrected chi connectivity index (χ1v) is 10.1. The molecule has 1 saturated carbocycles. The molecule has 6 heteroatoms. The van der Waals surface area contributed by atoms with Crippen LogP contribution in [0, 0.1) is 19.8 Å². The summed E-state index contributed by atoms with van der Waals surface area (Å²) in [6.07, 6.45) is 2.94. The molecule has 2 N–H and O–H groups in total. The number of fused-ring (bicyclic) bond motifs is 1. The number of carbonyl (C=O) groups excluding carboxylic acids is 1. The van der Waals surface area contributed by atoms with E-state index < -0.39 is 0 Å². The van der Waals surface area contributed by atoms with Crippen LogP contribution < -0.4 is 16.0 Å². The van der Waals surface area contributed by atoms with E-state index in [4.69, 9.17) is 10.5 Å². The monoisotopic (exact) mass is 393 g/mol. The van der Waals surface area contributed by atoms with Crippen molar-refractivity contribution in [2.75, 3.05) is 7.11 Å². The molecule has 1 aromatic heterocycles. The minimum absolute atomic E-state index is 0.00534. The maximum atomic E-state index is 13.4. The second-order valence-electron chi connectivity index (χ2n) is 7.99. The second-order valence-corrected chi connectivity index (χ2v) is 7.99. The van der Waals surface area contributed by atoms with Crippen molar-refractivity contribution in [1.82, 2.24) is 9.36 Å². The number of rotatable bonds is 4. The Hall–Kier alpha value is -3.02. The third-order valence-electron chi connectivity index (χ3n) is 6.18. The Labute approximate surface area is 169 Å². The Bertz CT molecular complexity index is 1130. The normalized spacial score (nSPS) is 19.4. The van der Waals surface area contributed by atoms with Crippen molar-refractivity contribution in [3.63, 3.8) is 0 Å². The van der Waals surface area contributed by atoms with Crippen LogP contribution in [0.3, 0.4) is 0 Å². The summed E-state index contributed by atoms with van der Waals surface area (Å²) in [5.74, 6) is 0.450. The predicted octanol–water partition coefficient (Wildman–Crippen LogP) is 3.63. The van der Waals surface area contributed by atoms with Crippen molar-refractivity contribution in [1.29, 1.82) is 0 Å². The molecule has 2 aromatic carbocycles. The summed E-state index contributed by atoms with van der Waals surface area (Å²) in [6.45, 7) is 4.03. The maximum Gasteiger partial charge on any atom is 0.275 e. The number of ether oxygens (including phenoxy) is 1. The maximum absolute atomic E-state index is 13.4. The van der Waals surface area contributed by atoms with E-state index in [1.807, 2.05) is 59.6 Å². The lowest BCUT2D eigenvalue weighted by Gasteiger charge is -2.29. The molecular formula is C23H27N3O3. The number of benzene rings is 2. The molecular weight excluding hydrogens is 366 g/mol. The van der Waals surface area contributed by atoms with Crippen LogP contribution in [-0.4, -0.2) is 22.4 Å². The summed E-state index contributed by atoms with van der Waals surface area (Å²) in [5.41, 5.74) is 9.41. The molecule has 0 bridgehead atoms. The van der Waals surface area contributed by atoms with Crippen LogP contribution in [0.25, 0.3) is 16.6 Å². The van der Waals surface area contributed by atoms with Crippen molar-refractivity contribution in [2.45, 2.75) is 45.6 Å². The van der Waals surface area contributed by atoms with Crippen LogP contribution in [-0.2, 0) is 4.79 Å². The fraction of sp³-hybridized carbons (Fsp3) is 0.391. The number of nitrogens with two attached hydrogens (primary N) is 1. The van der Waals surface area contributed by atoms with E-state index >= 15 is 0 Å². The summed E-state index contributed by atoms with van der Waals surface area (Å²) >= 11 is 0. The first-order chi connectivity index (χ1) is 13.9. The zero-order valence-corrected chi connectivity index (χ0v) is 17.1. The number of aryl methyl sites for hydroxylation is 2. The van der Waals surface area contributed by atoms with E-state index in [1.54, 1.807) is 7.11 Å². The molecule has 0 unspecified atom stereocenters. The summed E-state index contributed by atoms with van der Waals surface area (Å²) in [7, 11) is 1.66. The van der Waals surface area contributed by atoms with Crippen LogP contribution >= 0.6 is 0 Å². The van der Waals surface area contributed by atoms with E-state index in [9.17, 15) is 9.59 Å². The zero-order valence-electron chi connectivity index (χ0n) is 17.1. The highest BCUT2D eigenvalue weighted by atomic mass is 16.5. The van der Waals surface area contributed by atoms with Gasteiger partial charge in [0, 0.05) is 12.0 Å². The predicted molar refractivity (Wildman–Crippen MR) is 114 cm³/mol. The van der Waals surface area contributed by atoms with Gasteiger partial charge in [-0.1, -0.05) is 18.2 Å². The summed E-state index contributed by atoms with van der Waals surface area (Å²) in [5, 5.41) is 0.710. The summed E-state index contributed by atoms with van der Waals surface area (Å²) in [4.78, 5) is 25.0. The molecule has 0 atom stereocenters. The van der Waals surface area contributed by atoms with Gasteiger partial charge in [0.2, 0.25) is 5.91 Å². The molecule has 1 heterocycles. The molecule has 1 fully saturated rings. The lowest BCUT2D eigenvalue weighted by Crippen LogP contribution is -2.33. The lowest BCUT2D eigenvalue weighted by molar-refractivity contribution is -0.122. The molecule has 1 aliphatic rings. The van der Waals surface area contributed by atoms with Crippen molar-refractivity contribution in [2.24, 2.45) is 11.7 Å². The number of aromatic nitrogens is 2. The fourth-order valence-electron chi connectivity index (χ4n) is 4.56. The van der Waals surface area contributed by atoms with Gasteiger partial charge in [-0.2, -0.15) is 0 Å². The van der Waals surface area contributed by atoms with Crippen molar-refractivity contribution in [3.05, 3.63) is 57.9 Å². The molecule has 0 spiro atoms. The quantitative estimate of drug-likeness (QED) is 0.735. The van der Waals surface area contributed by atoms with E-state index in [2.05, 4.69) is 0 Å². The molecule has 3 aromatic rings. The average molecular weight is 393 g/mol. The highest BCUT2D eigenvalue weighted by Crippen LogP contribution is 2.34. The van der Waals surface area contributed by atoms with Gasteiger partial charge in [-0.05, 0) is 62.8 Å². The second kappa shape index (κ2) is 7.43. The number of carbonyl (C=O) groups is 1. The van der Waals surface area contributed by atoms with Crippen LogP contribution in [0.4, 0.5) is 0 Å². The van der Waals surface area contributed by atoms with Crippen LogP contribution in [0.1, 0.15) is 42.9 Å². The number of methoxy groups -OCH3 is 1. The zero-order chi connectivity index (χ0) is 20.7. The molecule has 152 valence electrons. The summed E-state index contributed by atoms with van der Waals surface area (Å²) in [6, 6.07) is 11.9. The number of hydrogen-bond donors (Lipinski definition) is 1. The van der Waals surface area contributed by atoms with Gasteiger partial charge in [-0.25, -0.2) is 9.36 Å². The molecule has 0 aliphatic heterocycles. The topological polar surface area (TPSA) is 79.2 Å². The van der Waals surface area contributed by atoms with Crippen molar-refractivity contribution < 1.29 is 9.53 Å². The fourth-order valence-corrected chi connectivity index (χ4v) is 4.56. The summed E-state index contributed by atoms with van der Waals surface area (Å²) < 4.78 is 9.44. The highest BCUT2D eigenvalue weighted by Gasteiger charge is 2.29. The number of hydrogen-bond acceptors (Lipinski definition) is 3. The minimum atomic E-state index is -0.240. The Morgan fingerprint density at radius 3 is 2.45 bits per heavy atom. The average Bonchev–Trinajstić information content (AvgIpc) is 3.02. The number of amides is 1. The SMILES string of the molecule is COc1cc(-n2c3c(C)cccc3c(=O)n2C2CCC(C(N)=O)CC2)ccc1C. The van der Waals surface area contributed by atoms with Crippen molar-refractivity contribution >= 4 is 16.8 Å². The first kappa shape index (κ1) is 19.3. The number of nitrogens with zero attached hydrogens (tertiary/aromatic N) is 2. The van der Waals surface area contributed by atoms with E-state index in [1.165, 1.54) is 0 Å². The van der Waals surface area contributed by atoms with Gasteiger partial charge in [0.25, 0.3) is 5.56 Å². The molecule has 4 rings (SSSR count). The van der Waals surface area contributed by atoms with Gasteiger partial charge in [0.15, 0.2) is 0 Å². The van der Waals surface area contributed by atoms with Crippen LogP contribution in [0.5, 0.6) is 5.75 Å². The van der Waals surface area contributed by atoms with Gasteiger partial charge in [-0.15, -0.1) is 0 Å². The number of para-hydroxylation sites is 1. The largest absolute Gasteiger partial charge is 0.496 e. The molecule has 0 radical (unpaired) electrons. The van der Waals surface area contributed by atoms with Gasteiger partial charge < -0.3 is 10.5 Å². The third-order valence-corrected chi connectivity index (χ3v) is 6.18. The van der Waals surface area contributed by atoms with Gasteiger partial charge >= 0.3 is 0 Å². The smallest absolute Gasteiger partial charge is 0.275 e. The van der Waals surface area contributed by atoms with Crippen LogP contribution in [0.2, 0.25) is 0 Å².